The van der Waals surface area contributed by atoms with E-state index in [0.717, 1.165) is 0 Å². The van der Waals surface area contributed by atoms with E-state index in [1.54, 1.807) is 0 Å². The summed E-state index contributed by atoms with van der Waals surface area (Å²) in [4.78, 5) is 2.23. The number of halogens is 1. The summed E-state index contributed by atoms with van der Waals surface area (Å²) in [7, 11) is 0. The van der Waals surface area contributed by atoms with Gasteiger partial charge in [0.15, 0.2) is 0 Å². The molecule has 0 atom stereocenters. The Labute approximate surface area is 146 Å². The van der Waals surface area contributed by atoms with E-state index >= 15 is 0 Å². The average molecular weight is 401 g/mol. The summed E-state index contributed by atoms with van der Waals surface area (Å²) in [5.41, 5.74) is 3.64. The largest absolute Gasteiger partial charge is 0.316 e. The molecule has 2 aromatic carbocycles. The molecular formula is C20H20IN. The number of hydrogen-bond acceptors (Lipinski definition) is 1. The minimum Gasteiger partial charge on any atom is -0.316 e. The van der Waals surface area contributed by atoms with Crippen LogP contribution in [0.1, 0.15) is 12.5 Å². The van der Waals surface area contributed by atoms with Crippen molar-refractivity contribution in [3.8, 4) is 0 Å². The summed E-state index contributed by atoms with van der Waals surface area (Å²) in [6.45, 7) is 4.15. The topological polar surface area (TPSA) is 3.24 Å². The molecule has 112 valence electrons. The van der Waals surface area contributed by atoms with Crippen LogP contribution in [-0.4, -0.2) is 0 Å². The van der Waals surface area contributed by atoms with Crippen molar-refractivity contribution >= 4 is 34.0 Å². The third-order valence-electron chi connectivity index (χ3n) is 3.25. The molecule has 0 aromatic heterocycles. The molecule has 0 saturated carbocycles. The van der Waals surface area contributed by atoms with E-state index in [9.17, 15) is 0 Å². The van der Waals surface area contributed by atoms with Crippen LogP contribution in [0.15, 0.2) is 85.1 Å². The van der Waals surface area contributed by atoms with Crippen LogP contribution in [-0.2, 0) is 0 Å². The first kappa shape index (κ1) is 16.6. The van der Waals surface area contributed by atoms with Crippen molar-refractivity contribution < 1.29 is 0 Å². The lowest BCUT2D eigenvalue weighted by molar-refractivity contribution is 1.24. The van der Waals surface area contributed by atoms with E-state index in [2.05, 4.69) is 95.2 Å². The molecule has 22 heavy (non-hydrogen) atoms. The molecule has 0 heterocycles. The molecule has 0 aliphatic rings. The zero-order valence-corrected chi connectivity index (χ0v) is 15.1. The van der Waals surface area contributed by atoms with Crippen molar-refractivity contribution in [1.82, 2.24) is 0 Å². The number of anilines is 2. The standard InChI is InChI=1S/C20H20IN/c1-3-4-5-6-11-16-22(19-14-9-7-12-17(19)2)20-15-10-8-13-18(20)21/h3-16H,1-2H3/b4-3-,6-5-,16-11+. The Morgan fingerprint density at radius 1 is 0.818 bits per heavy atom. The van der Waals surface area contributed by atoms with Gasteiger partial charge >= 0.3 is 0 Å². The second-order valence-corrected chi connectivity index (χ2v) is 6.02. The zero-order chi connectivity index (χ0) is 15.8. The zero-order valence-electron chi connectivity index (χ0n) is 12.9. The van der Waals surface area contributed by atoms with Crippen molar-refractivity contribution in [2.24, 2.45) is 0 Å². The third-order valence-corrected chi connectivity index (χ3v) is 4.16. The normalized spacial score (nSPS) is 11.8. The molecular weight excluding hydrogens is 381 g/mol. The van der Waals surface area contributed by atoms with Crippen LogP contribution in [0.4, 0.5) is 11.4 Å². The SMILES string of the molecule is C\C=C/C=C\C=C\N(c1ccccc1C)c1ccccc1I. The Kier molecular flexibility index (Phi) is 6.46. The number of benzene rings is 2. The molecule has 0 spiro atoms. The quantitative estimate of drug-likeness (QED) is 0.415. The number of allylic oxidation sites excluding steroid dienone is 5. The number of para-hydroxylation sites is 2. The lowest BCUT2D eigenvalue weighted by Crippen LogP contribution is -2.11. The van der Waals surface area contributed by atoms with Gasteiger partial charge in [-0.15, -0.1) is 0 Å². The van der Waals surface area contributed by atoms with Gasteiger partial charge in [0.05, 0.1) is 5.69 Å². The molecule has 0 saturated heterocycles. The Balaban J connectivity index is 2.42. The maximum absolute atomic E-state index is 2.38. The van der Waals surface area contributed by atoms with Crippen molar-refractivity contribution in [2.45, 2.75) is 13.8 Å². The van der Waals surface area contributed by atoms with E-state index in [1.165, 1.54) is 20.5 Å². The molecule has 0 amide bonds. The Hall–Kier alpha value is -1.81. The molecule has 2 heteroatoms. The van der Waals surface area contributed by atoms with Gasteiger partial charge in [-0.05, 0) is 66.3 Å². The van der Waals surface area contributed by atoms with Crippen LogP contribution in [0.25, 0.3) is 0 Å². The van der Waals surface area contributed by atoms with Gasteiger partial charge in [-0.3, -0.25) is 0 Å². The second kappa shape index (κ2) is 8.59. The lowest BCUT2D eigenvalue weighted by atomic mass is 10.1. The summed E-state index contributed by atoms with van der Waals surface area (Å²) < 4.78 is 1.23. The molecule has 0 unspecified atom stereocenters. The highest BCUT2D eigenvalue weighted by atomic mass is 127. The highest BCUT2D eigenvalue weighted by Gasteiger charge is 2.10. The monoisotopic (exact) mass is 401 g/mol. The molecule has 1 nitrogen and oxygen atoms in total. The fourth-order valence-corrected chi connectivity index (χ4v) is 2.79. The predicted molar refractivity (Wildman–Crippen MR) is 106 cm³/mol. The minimum atomic E-state index is 1.19. The van der Waals surface area contributed by atoms with Gasteiger partial charge in [0.2, 0.25) is 0 Å². The third kappa shape index (κ3) is 4.34. The van der Waals surface area contributed by atoms with Crippen LogP contribution in [0.5, 0.6) is 0 Å². The van der Waals surface area contributed by atoms with Gasteiger partial charge < -0.3 is 4.90 Å². The maximum Gasteiger partial charge on any atom is 0.0589 e. The first-order valence-corrected chi connectivity index (χ1v) is 8.37. The summed E-state index contributed by atoms with van der Waals surface area (Å²) in [6.07, 6.45) is 12.3. The van der Waals surface area contributed by atoms with Crippen LogP contribution in [0.2, 0.25) is 0 Å². The van der Waals surface area contributed by atoms with Crippen LogP contribution < -0.4 is 4.90 Å². The highest BCUT2D eigenvalue weighted by molar-refractivity contribution is 14.1. The summed E-state index contributed by atoms with van der Waals surface area (Å²) >= 11 is 2.38. The summed E-state index contributed by atoms with van der Waals surface area (Å²) in [5.74, 6) is 0. The maximum atomic E-state index is 2.38. The number of hydrogen-bond donors (Lipinski definition) is 0. The summed E-state index contributed by atoms with van der Waals surface area (Å²) in [5, 5.41) is 0. The highest BCUT2D eigenvalue weighted by Crippen LogP contribution is 2.32. The number of aryl methyl sites for hydroxylation is 1. The molecule has 0 N–H and O–H groups in total. The molecule has 2 aromatic rings. The number of nitrogens with zero attached hydrogens (tertiary/aromatic N) is 1. The van der Waals surface area contributed by atoms with Crippen LogP contribution >= 0.6 is 22.6 Å². The van der Waals surface area contributed by atoms with Crippen molar-refractivity contribution in [2.75, 3.05) is 4.90 Å². The lowest BCUT2D eigenvalue weighted by Gasteiger charge is -2.23. The van der Waals surface area contributed by atoms with Crippen molar-refractivity contribution in [3.05, 3.63) is 94.2 Å². The average Bonchev–Trinajstić information content (AvgIpc) is 2.53. The fourth-order valence-electron chi connectivity index (χ4n) is 2.15. The van der Waals surface area contributed by atoms with Crippen LogP contribution in [0, 0.1) is 10.5 Å². The van der Waals surface area contributed by atoms with Gasteiger partial charge in [0, 0.05) is 15.5 Å². The molecule has 0 aliphatic heterocycles. The Morgan fingerprint density at radius 3 is 2.14 bits per heavy atom. The smallest absolute Gasteiger partial charge is 0.0589 e. The predicted octanol–water partition coefficient (Wildman–Crippen LogP) is 6.38. The van der Waals surface area contributed by atoms with Crippen molar-refractivity contribution in [3.63, 3.8) is 0 Å². The van der Waals surface area contributed by atoms with E-state index in [1.807, 2.05) is 31.2 Å². The summed E-state index contributed by atoms with van der Waals surface area (Å²) in [6, 6.07) is 16.9. The fraction of sp³-hybridized carbons (Fsp3) is 0.100. The molecule has 0 radical (unpaired) electrons. The molecule has 0 aliphatic carbocycles. The van der Waals surface area contributed by atoms with Gasteiger partial charge in [-0.1, -0.05) is 54.6 Å². The molecule has 0 bridgehead atoms. The van der Waals surface area contributed by atoms with Crippen molar-refractivity contribution in [1.29, 1.82) is 0 Å². The second-order valence-electron chi connectivity index (χ2n) is 4.86. The minimum absolute atomic E-state index is 1.19. The molecule has 0 fully saturated rings. The molecule has 2 rings (SSSR count). The van der Waals surface area contributed by atoms with Gasteiger partial charge in [-0.25, -0.2) is 0 Å². The van der Waals surface area contributed by atoms with E-state index in [0.29, 0.717) is 0 Å². The van der Waals surface area contributed by atoms with Gasteiger partial charge in [0.25, 0.3) is 0 Å². The van der Waals surface area contributed by atoms with Crippen LogP contribution in [0.3, 0.4) is 0 Å². The Bertz CT molecular complexity index is 653. The van der Waals surface area contributed by atoms with E-state index in [4.69, 9.17) is 0 Å². The van der Waals surface area contributed by atoms with Gasteiger partial charge in [-0.2, -0.15) is 0 Å². The van der Waals surface area contributed by atoms with E-state index < -0.39 is 0 Å². The van der Waals surface area contributed by atoms with E-state index in [-0.39, 0.29) is 0 Å². The first-order valence-electron chi connectivity index (χ1n) is 7.29. The number of rotatable bonds is 5. The first-order chi connectivity index (χ1) is 10.7. The Morgan fingerprint density at radius 2 is 1.45 bits per heavy atom. The van der Waals surface area contributed by atoms with Gasteiger partial charge in [0.1, 0.15) is 0 Å².